The Morgan fingerprint density at radius 1 is 1.11 bits per heavy atom. The molecule has 28 heavy (non-hydrogen) atoms. The number of halogens is 1. The van der Waals surface area contributed by atoms with Gasteiger partial charge in [-0.15, -0.1) is 0 Å². The average Bonchev–Trinajstić information content (AvgIpc) is 2.69. The first-order valence-corrected chi connectivity index (χ1v) is 8.83. The van der Waals surface area contributed by atoms with E-state index in [-0.39, 0.29) is 17.4 Å². The average molecular weight is 380 g/mol. The van der Waals surface area contributed by atoms with E-state index < -0.39 is 0 Å². The maximum absolute atomic E-state index is 12.9. The maximum atomic E-state index is 12.9. The monoisotopic (exact) mass is 380 g/mol. The number of carbonyl (C=O) groups is 1. The van der Waals surface area contributed by atoms with E-state index in [1.165, 1.54) is 12.1 Å². The van der Waals surface area contributed by atoms with E-state index in [2.05, 4.69) is 20.6 Å². The molecule has 3 aromatic rings. The Labute approximate surface area is 162 Å². The van der Waals surface area contributed by atoms with E-state index in [4.69, 9.17) is 4.74 Å². The molecule has 1 aromatic heterocycles. The number of methoxy groups -OCH3 is 1. The molecular weight excluding hydrogens is 359 g/mol. The molecule has 0 aliphatic rings. The minimum Gasteiger partial charge on any atom is -0.497 e. The van der Waals surface area contributed by atoms with Crippen LogP contribution < -0.4 is 15.4 Å². The third-order valence-corrected chi connectivity index (χ3v) is 4.03. The van der Waals surface area contributed by atoms with Crippen LogP contribution in [0.15, 0.2) is 54.6 Å². The largest absolute Gasteiger partial charge is 0.497 e. The third-order valence-electron chi connectivity index (χ3n) is 4.03. The van der Waals surface area contributed by atoms with E-state index in [0.29, 0.717) is 24.6 Å². The Hall–Kier alpha value is -3.48. The summed E-state index contributed by atoms with van der Waals surface area (Å²) >= 11 is 0. The summed E-state index contributed by atoms with van der Waals surface area (Å²) in [6.07, 6.45) is 0.602. The molecule has 0 aliphatic carbocycles. The zero-order valence-corrected chi connectivity index (χ0v) is 15.7. The summed E-state index contributed by atoms with van der Waals surface area (Å²) in [5.41, 5.74) is 2.01. The van der Waals surface area contributed by atoms with Gasteiger partial charge in [-0.1, -0.05) is 18.2 Å². The van der Waals surface area contributed by atoms with Gasteiger partial charge in [0, 0.05) is 24.4 Å². The van der Waals surface area contributed by atoms with Crippen molar-refractivity contribution in [3.8, 4) is 5.75 Å². The van der Waals surface area contributed by atoms with Crippen molar-refractivity contribution in [2.45, 2.75) is 13.3 Å². The SMILES string of the molecule is COc1cccc(Nc2cc(C(=O)NCCc3ccc(F)cc3)nc(C)n2)c1. The zero-order valence-electron chi connectivity index (χ0n) is 15.7. The summed E-state index contributed by atoms with van der Waals surface area (Å²) < 4.78 is 18.1. The Balaban J connectivity index is 1.64. The van der Waals surface area contributed by atoms with E-state index in [9.17, 15) is 9.18 Å². The maximum Gasteiger partial charge on any atom is 0.270 e. The highest BCUT2D eigenvalue weighted by Gasteiger charge is 2.11. The van der Waals surface area contributed by atoms with E-state index in [1.54, 1.807) is 32.2 Å². The van der Waals surface area contributed by atoms with E-state index >= 15 is 0 Å². The number of hydrogen-bond acceptors (Lipinski definition) is 5. The van der Waals surface area contributed by atoms with Crippen LogP contribution >= 0.6 is 0 Å². The van der Waals surface area contributed by atoms with Crippen molar-refractivity contribution >= 4 is 17.4 Å². The number of hydrogen-bond donors (Lipinski definition) is 2. The number of nitrogens with one attached hydrogen (secondary N) is 2. The van der Waals surface area contributed by atoms with Gasteiger partial charge >= 0.3 is 0 Å². The topological polar surface area (TPSA) is 76.1 Å². The molecule has 6 nitrogen and oxygen atoms in total. The lowest BCUT2D eigenvalue weighted by Crippen LogP contribution is -2.27. The summed E-state index contributed by atoms with van der Waals surface area (Å²) in [6.45, 7) is 2.15. The molecule has 0 bridgehead atoms. The molecule has 0 aliphatic heterocycles. The van der Waals surface area contributed by atoms with Crippen molar-refractivity contribution in [1.29, 1.82) is 0 Å². The van der Waals surface area contributed by atoms with Crippen molar-refractivity contribution in [3.63, 3.8) is 0 Å². The number of rotatable bonds is 7. The lowest BCUT2D eigenvalue weighted by Gasteiger charge is -2.10. The van der Waals surface area contributed by atoms with Gasteiger partial charge < -0.3 is 15.4 Å². The van der Waals surface area contributed by atoms with Crippen molar-refractivity contribution in [2.75, 3.05) is 19.0 Å². The van der Waals surface area contributed by atoms with Gasteiger partial charge in [0.05, 0.1) is 7.11 Å². The van der Waals surface area contributed by atoms with Crippen molar-refractivity contribution < 1.29 is 13.9 Å². The molecule has 0 spiro atoms. The smallest absolute Gasteiger partial charge is 0.270 e. The number of benzene rings is 2. The molecule has 0 saturated carbocycles. The number of ether oxygens (including phenoxy) is 1. The van der Waals surface area contributed by atoms with Crippen LogP contribution in [0.2, 0.25) is 0 Å². The number of anilines is 2. The number of nitrogens with zero attached hydrogens (tertiary/aromatic N) is 2. The fourth-order valence-corrected chi connectivity index (χ4v) is 2.66. The van der Waals surface area contributed by atoms with Crippen molar-refractivity contribution in [3.05, 3.63) is 77.5 Å². The van der Waals surface area contributed by atoms with Gasteiger partial charge in [0.15, 0.2) is 0 Å². The van der Waals surface area contributed by atoms with Gasteiger partial charge in [-0.2, -0.15) is 0 Å². The molecule has 0 atom stereocenters. The van der Waals surface area contributed by atoms with Gasteiger partial charge in [0.1, 0.15) is 28.9 Å². The first-order valence-electron chi connectivity index (χ1n) is 8.83. The first kappa shape index (κ1) is 19.3. The molecule has 2 N–H and O–H groups in total. The molecule has 2 aromatic carbocycles. The fourth-order valence-electron chi connectivity index (χ4n) is 2.66. The lowest BCUT2D eigenvalue weighted by molar-refractivity contribution is 0.0949. The molecule has 1 amide bonds. The standard InChI is InChI=1S/C21H21FN4O2/c1-14-24-19(21(27)23-11-10-15-6-8-16(22)9-7-15)13-20(25-14)26-17-4-3-5-18(12-17)28-2/h3-9,12-13H,10-11H2,1-2H3,(H,23,27)(H,24,25,26). The molecular formula is C21H21FN4O2. The molecule has 0 saturated heterocycles. The third kappa shape index (κ3) is 5.26. The normalized spacial score (nSPS) is 10.4. The van der Waals surface area contributed by atoms with Crippen LogP contribution in [-0.4, -0.2) is 29.5 Å². The Bertz CT molecular complexity index is 961. The van der Waals surface area contributed by atoms with Crippen LogP contribution in [0.3, 0.4) is 0 Å². The zero-order chi connectivity index (χ0) is 19.9. The van der Waals surface area contributed by atoms with Gasteiger partial charge in [-0.05, 0) is 43.2 Å². The summed E-state index contributed by atoms with van der Waals surface area (Å²) in [7, 11) is 1.60. The summed E-state index contributed by atoms with van der Waals surface area (Å²) in [5.74, 6) is 1.15. The predicted molar refractivity (Wildman–Crippen MR) is 105 cm³/mol. The molecule has 0 radical (unpaired) electrons. The van der Waals surface area contributed by atoms with Crippen LogP contribution in [0.25, 0.3) is 0 Å². The second-order valence-corrected chi connectivity index (χ2v) is 6.17. The first-order chi connectivity index (χ1) is 13.5. The van der Waals surface area contributed by atoms with Crippen LogP contribution in [0.1, 0.15) is 21.9 Å². The van der Waals surface area contributed by atoms with E-state index in [0.717, 1.165) is 17.0 Å². The lowest BCUT2D eigenvalue weighted by atomic mass is 10.1. The van der Waals surface area contributed by atoms with Crippen LogP contribution in [0.4, 0.5) is 15.9 Å². The second kappa shape index (κ2) is 8.94. The number of aromatic nitrogens is 2. The van der Waals surface area contributed by atoms with Crippen molar-refractivity contribution in [2.24, 2.45) is 0 Å². The van der Waals surface area contributed by atoms with Gasteiger partial charge in [-0.25, -0.2) is 14.4 Å². The van der Waals surface area contributed by atoms with Crippen LogP contribution in [0, 0.1) is 12.7 Å². The predicted octanol–water partition coefficient (Wildman–Crippen LogP) is 3.65. The van der Waals surface area contributed by atoms with Crippen LogP contribution in [-0.2, 0) is 6.42 Å². The number of amides is 1. The highest BCUT2D eigenvalue weighted by atomic mass is 19.1. The molecule has 1 heterocycles. The number of carbonyl (C=O) groups excluding carboxylic acids is 1. The Morgan fingerprint density at radius 2 is 1.89 bits per heavy atom. The molecule has 0 unspecified atom stereocenters. The summed E-state index contributed by atoms with van der Waals surface area (Å²) in [4.78, 5) is 21.0. The Morgan fingerprint density at radius 3 is 2.64 bits per heavy atom. The molecule has 144 valence electrons. The number of aryl methyl sites for hydroxylation is 1. The minimum atomic E-state index is -0.290. The van der Waals surface area contributed by atoms with Gasteiger partial charge in [-0.3, -0.25) is 4.79 Å². The van der Waals surface area contributed by atoms with Crippen molar-refractivity contribution in [1.82, 2.24) is 15.3 Å². The fraction of sp³-hybridized carbons (Fsp3) is 0.190. The Kier molecular flexibility index (Phi) is 6.16. The van der Waals surface area contributed by atoms with Gasteiger partial charge in [0.2, 0.25) is 0 Å². The van der Waals surface area contributed by atoms with Gasteiger partial charge in [0.25, 0.3) is 5.91 Å². The summed E-state index contributed by atoms with van der Waals surface area (Å²) in [5, 5.41) is 5.98. The minimum absolute atomic E-state index is 0.275. The molecule has 3 rings (SSSR count). The highest BCUT2D eigenvalue weighted by molar-refractivity contribution is 5.93. The molecule has 0 fully saturated rings. The quantitative estimate of drug-likeness (QED) is 0.654. The highest BCUT2D eigenvalue weighted by Crippen LogP contribution is 2.20. The molecule has 7 heteroatoms. The summed E-state index contributed by atoms with van der Waals surface area (Å²) in [6, 6.07) is 15.2. The second-order valence-electron chi connectivity index (χ2n) is 6.17. The van der Waals surface area contributed by atoms with Crippen LogP contribution in [0.5, 0.6) is 5.75 Å². The van der Waals surface area contributed by atoms with E-state index in [1.807, 2.05) is 24.3 Å².